The molecule has 0 bridgehead atoms. The molecule has 3 heteroatoms. The first-order valence-corrected chi connectivity index (χ1v) is 13.0. The van der Waals surface area contributed by atoms with Crippen LogP contribution in [0.2, 0.25) is 0 Å². The number of rotatable bonds is 23. The average molecular weight is 434 g/mol. The van der Waals surface area contributed by atoms with Crippen molar-refractivity contribution in [3.63, 3.8) is 0 Å². The van der Waals surface area contributed by atoms with E-state index in [1.807, 2.05) is 0 Å². The predicted octanol–water partition coefficient (Wildman–Crippen LogP) is 5.15. The van der Waals surface area contributed by atoms with E-state index in [9.17, 15) is 0 Å². The van der Waals surface area contributed by atoms with Gasteiger partial charge in [-0.25, -0.2) is 0 Å². The minimum absolute atomic E-state index is 0. The summed E-state index contributed by atoms with van der Waals surface area (Å²) < 4.78 is 6.84. The third-order valence-corrected chi connectivity index (χ3v) is 6.10. The Labute approximate surface area is 191 Å². The normalized spacial score (nSPS) is 11.6. The number of hydrogen-bond acceptors (Lipinski definition) is 1. The predicted molar refractivity (Wildman–Crippen MR) is 127 cm³/mol. The fourth-order valence-electron chi connectivity index (χ4n) is 3.86. The molecule has 0 aliphatic carbocycles. The lowest BCUT2D eigenvalue weighted by atomic mass is 10.0. The van der Waals surface area contributed by atoms with Gasteiger partial charge in [0.15, 0.2) is 0 Å². The van der Waals surface area contributed by atoms with Crippen LogP contribution >= 0.6 is 0 Å². The van der Waals surface area contributed by atoms with Gasteiger partial charge in [0.1, 0.15) is 6.54 Å². The fraction of sp³-hybridized carbons (Fsp3) is 1.00. The summed E-state index contributed by atoms with van der Waals surface area (Å²) in [5, 5.41) is 0. The van der Waals surface area contributed by atoms with Gasteiger partial charge in [0, 0.05) is 6.61 Å². The summed E-state index contributed by atoms with van der Waals surface area (Å²) in [6.45, 7) is 8.84. The van der Waals surface area contributed by atoms with Crippen LogP contribution in [-0.4, -0.2) is 44.9 Å². The van der Waals surface area contributed by atoms with Gasteiger partial charge in [-0.2, -0.15) is 0 Å². The first-order chi connectivity index (χ1) is 13.6. The SMILES string of the molecule is CCCCCCCCCCCCCCCCCC[N+](C)(C)CCOCCCC.[Cl-]. The highest BCUT2D eigenvalue weighted by Crippen LogP contribution is 2.14. The van der Waals surface area contributed by atoms with E-state index < -0.39 is 0 Å². The maximum Gasteiger partial charge on any atom is 0.102 e. The Morgan fingerprint density at radius 1 is 0.448 bits per heavy atom. The van der Waals surface area contributed by atoms with E-state index in [0.717, 1.165) is 24.2 Å². The van der Waals surface area contributed by atoms with Crippen LogP contribution in [0.1, 0.15) is 129 Å². The average Bonchev–Trinajstić information content (AvgIpc) is 2.67. The first kappa shape index (κ1) is 31.4. The molecular weight excluding hydrogens is 378 g/mol. The van der Waals surface area contributed by atoms with E-state index >= 15 is 0 Å². The van der Waals surface area contributed by atoms with Gasteiger partial charge in [0.05, 0.1) is 27.2 Å². The fourth-order valence-corrected chi connectivity index (χ4v) is 3.86. The number of quaternary nitrogens is 1. The molecule has 0 saturated carbocycles. The molecule has 0 aromatic carbocycles. The van der Waals surface area contributed by atoms with Crippen molar-refractivity contribution in [2.24, 2.45) is 0 Å². The second kappa shape index (κ2) is 24.5. The maximum absolute atomic E-state index is 5.73. The van der Waals surface area contributed by atoms with E-state index in [4.69, 9.17) is 4.74 Å². The van der Waals surface area contributed by atoms with Crippen LogP contribution in [0.3, 0.4) is 0 Å². The number of likely N-dealkylation sites (N-methyl/N-ethyl adjacent to an activating group) is 1. The van der Waals surface area contributed by atoms with Crippen LogP contribution in [0.25, 0.3) is 0 Å². The number of halogens is 1. The van der Waals surface area contributed by atoms with Gasteiger partial charge in [-0.1, -0.05) is 110 Å². The molecule has 0 aromatic heterocycles. The highest BCUT2D eigenvalue weighted by molar-refractivity contribution is 4.50. The number of ether oxygens (including phenoxy) is 1. The molecule has 0 amide bonds. The van der Waals surface area contributed by atoms with Crippen LogP contribution in [0.4, 0.5) is 0 Å². The van der Waals surface area contributed by atoms with E-state index in [1.54, 1.807) is 0 Å². The van der Waals surface area contributed by atoms with Crippen molar-refractivity contribution >= 4 is 0 Å². The quantitative estimate of drug-likeness (QED) is 0.160. The van der Waals surface area contributed by atoms with E-state index in [1.165, 1.54) is 122 Å². The third kappa shape index (κ3) is 26.2. The van der Waals surface area contributed by atoms with Crippen LogP contribution in [0.5, 0.6) is 0 Å². The molecule has 0 fully saturated rings. The lowest BCUT2D eigenvalue weighted by molar-refractivity contribution is -0.891. The van der Waals surface area contributed by atoms with Crippen molar-refractivity contribution in [3.8, 4) is 0 Å². The standard InChI is InChI=1S/C26H56NO.ClH/c1-5-7-9-10-11-12-13-14-15-16-17-18-19-20-21-22-23-27(3,4)24-26-28-25-8-6-2;/h5-26H2,1-4H3;1H/q+1;/p-1. The van der Waals surface area contributed by atoms with Gasteiger partial charge in [0.2, 0.25) is 0 Å². The maximum atomic E-state index is 5.73. The van der Waals surface area contributed by atoms with Crippen molar-refractivity contribution < 1.29 is 21.6 Å². The second-order valence-corrected chi connectivity index (χ2v) is 9.65. The van der Waals surface area contributed by atoms with Gasteiger partial charge in [-0.3, -0.25) is 0 Å². The summed E-state index contributed by atoms with van der Waals surface area (Å²) in [6, 6.07) is 0. The molecule has 2 nitrogen and oxygen atoms in total. The topological polar surface area (TPSA) is 9.23 Å². The smallest absolute Gasteiger partial charge is 0.102 e. The minimum Gasteiger partial charge on any atom is -1.00 e. The Bertz CT molecular complexity index is 296. The zero-order valence-corrected chi connectivity index (χ0v) is 21.5. The molecule has 0 atom stereocenters. The molecule has 0 aliphatic heterocycles. The lowest BCUT2D eigenvalue weighted by Crippen LogP contribution is -3.00. The summed E-state index contributed by atoms with van der Waals surface area (Å²) >= 11 is 0. The van der Waals surface area contributed by atoms with Crippen molar-refractivity contribution in [2.75, 3.05) is 40.4 Å². The van der Waals surface area contributed by atoms with Gasteiger partial charge >= 0.3 is 0 Å². The van der Waals surface area contributed by atoms with Gasteiger partial charge < -0.3 is 21.6 Å². The summed E-state index contributed by atoms with van der Waals surface area (Å²) in [5.74, 6) is 0. The second-order valence-electron chi connectivity index (χ2n) is 9.65. The summed E-state index contributed by atoms with van der Waals surface area (Å²) in [4.78, 5) is 0. The third-order valence-electron chi connectivity index (χ3n) is 6.10. The Balaban J connectivity index is 0. The summed E-state index contributed by atoms with van der Waals surface area (Å²) in [5.41, 5.74) is 0. The van der Waals surface area contributed by atoms with Gasteiger partial charge in [-0.05, 0) is 19.3 Å². The van der Waals surface area contributed by atoms with Crippen LogP contribution in [0.15, 0.2) is 0 Å². The first-order valence-electron chi connectivity index (χ1n) is 13.0. The molecule has 0 spiro atoms. The highest BCUT2D eigenvalue weighted by Gasteiger charge is 2.13. The molecular formula is C26H56ClNO. The minimum atomic E-state index is 0. The molecule has 178 valence electrons. The van der Waals surface area contributed by atoms with Crippen LogP contribution in [-0.2, 0) is 4.74 Å². The zero-order valence-electron chi connectivity index (χ0n) is 20.8. The molecule has 0 saturated heterocycles. The Morgan fingerprint density at radius 3 is 1.24 bits per heavy atom. The Kier molecular flexibility index (Phi) is 26.5. The molecule has 0 radical (unpaired) electrons. The Morgan fingerprint density at radius 2 is 0.828 bits per heavy atom. The molecule has 0 rings (SSSR count). The largest absolute Gasteiger partial charge is 1.00 e. The van der Waals surface area contributed by atoms with Crippen molar-refractivity contribution in [3.05, 3.63) is 0 Å². The Hall–Kier alpha value is 0.210. The molecule has 0 unspecified atom stereocenters. The van der Waals surface area contributed by atoms with Crippen LogP contribution < -0.4 is 12.4 Å². The van der Waals surface area contributed by atoms with Crippen LogP contribution in [0, 0.1) is 0 Å². The highest BCUT2D eigenvalue weighted by atomic mass is 35.5. The van der Waals surface area contributed by atoms with Gasteiger partial charge in [0.25, 0.3) is 0 Å². The molecule has 0 aromatic rings. The number of hydrogen-bond donors (Lipinski definition) is 0. The molecule has 0 N–H and O–H groups in total. The lowest BCUT2D eigenvalue weighted by Gasteiger charge is -2.29. The van der Waals surface area contributed by atoms with E-state index in [2.05, 4.69) is 27.9 Å². The number of unbranched alkanes of at least 4 members (excludes halogenated alkanes) is 16. The molecule has 0 aliphatic rings. The molecule has 29 heavy (non-hydrogen) atoms. The van der Waals surface area contributed by atoms with E-state index in [0.29, 0.717) is 0 Å². The zero-order chi connectivity index (χ0) is 20.8. The van der Waals surface area contributed by atoms with Crippen molar-refractivity contribution in [2.45, 2.75) is 129 Å². The van der Waals surface area contributed by atoms with E-state index in [-0.39, 0.29) is 12.4 Å². The van der Waals surface area contributed by atoms with Gasteiger partial charge in [-0.15, -0.1) is 0 Å². The summed E-state index contributed by atoms with van der Waals surface area (Å²) in [6.07, 6.45) is 25.6. The van der Waals surface area contributed by atoms with Crippen molar-refractivity contribution in [1.82, 2.24) is 0 Å². The monoisotopic (exact) mass is 433 g/mol. The summed E-state index contributed by atoms with van der Waals surface area (Å²) in [7, 11) is 4.71. The number of nitrogens with zero attached hydrogens (tertiary/aromatic N) is 1. The van der Waals surface area contributed by atoms with Crippen molar-refractivity contribution in [1.29, 1.82) is 0 Å². The molecule has 0 heterocycles.